The fourth-order valence-corrected chi connectivity index (χ4v) is 2.02. The number of aryl methyl sites for hydroxylation is 2. The van der Waals surface area contributed by atoms with Crippen LogP contribution >= 0.6 is 12.2 Å². The molecule has 106 valence electrons. The summed E-state index contributed by atoms with van der Waals surface area (Å²) in [5, 5.41) is 11.2. The van der Waals surface area contributed by atoms with E-state index >= 15 is 0 Å². The van der Waals surface area contributed by atoms with Gasteiger partial charge in [-0.1, -0.05) is 6.07 Å². The van der Waals surface area contributed by atoms with Crippen molar-refractivity contribution < 1.29 is 4.74 Å². The molecule has 2 rings (SSSR count). The fraction of sp³-hybridized carbons (Fsp3) is 0.286. The van der Waals surface area contributed by atoms with Crippen molar-refractivity contribution in [3.8, 4) is 5.75 Å². The molecule has 1 aromatic carbocycles. The molecule has 0 spiro atoms. The van der Waals surface area contributed by atoms with Crippen molar-refractivity contribution in [3.05, 3.63) is 36.2 Å². The van der Waals surface area contributed by atoms with E-state index in [0.717, 1.165) is 29.4 Å². The average molecular weight is 290 g/mol. The predicted octanol–water partition coefficient (Wildman–Crippen LogP) is 3.03. The summed E-state index contributed by atoms with van der Waals surface area (Å²) < 4.78 is 7.04. The third-order valence-corrected chi connectivity index (χ3v) is 3.05. The summed E-state index contributed by atoms with van der Waals surface area (Å²) in [5.74, 6) is 0.785. The molecule has 2 aromatic rings. The highest BCUT2D eigenvalue weighted by Gasteiger charge is 2.06. The Morgan fingerprint density at radius 1 is 1.40 bits per heavy atom. The molecular formula is C14H18N4OS. The van der Waals surface area contributed by atoms with Crippen molar-refractivity contribution in [2.45, 2.75) is 20.4 Å². The number of thiocarbonyl (C=S) groups is 1. The zero-order chi connectivity index (χ0) is 14.5. The van der Waals surface area contributed by atoms with E-state index in [0.29, 0.717) is 5.11 Å². The molecule has 5 nitrogen and oxygen atoms in total. The zero-order valence-electron chi connectivity index (χ0n) is 11.8. The van der Waals surface area contributed by atoms with E-state index in [1.807, 2.05) is 49.0 Å². The molecule has 1 aromatic heterocycles. The first-order valence-electron chi connectivity index (χ1n) is 6.38. The van der Waals surface area contributed by atoms with Crippen molar-refractivity contribution >= 4 is 28.7 Å². The van der Waals surface area contributed by atoms with Gasteiger partial charge >= 0.3 is 0 Å². The Labute approximate surface area is 123 Å². The van der Waals surface area contributed by atoms with Crippen molar-refractivity contribution in [1.29, 1.82) is 0 Å². The number of methoxy groups -OCH3 is 1. The van der Waals surface area contributed by atoms with Crippen molar-refractivity contribution in [2.75, 3.05) is 17.7 Å². The molecule has 0 saturated carbocycles. The Morgan fingerprint density at radius 2 is 2.20 bits per heavy atom. The van der Waals surface area contributed by atoms with Gasteiger partial charge in [-0.15, -0.1) is 0 Å². The lowest BCUT2D eigenvalue weighted by atomic mass is 10.3. The van der Waals surface area contributed by atoms with Gasteiger partial charge in [-0.3, -0.25) is 4.68 Å². The van der Waals surface area contributed by atoms with E-state index in [1.54, 1.807) is 7.11 Å². The molecular weight excluding hydrogens is 272 g/mol. The summed E-state index contributed by atoms with van der Waals surface area (Å²) in [6, 6.07) is 7.61. The maximum atomic E-state index is 5.30. The van der Waals surface area contributed by atoms with E-state index in [2.05, 4.69) is 15.7 Å². The van der Waals surface area contributed by atoms with Gasteiger partial charge in [-0.25, -0.2) is 0 Å². The molecule has 0 aliphatic heterocycles. The minimum absolute atomic E-state index is 0.525. The number of ether oxygens (including phenoxy) is 1. The fourth-order valence-electron chi connectivity index (χ4n) is 1.79. The van der Waals surface area contributed by atoms with Crippen LogP contribution in [0.2, 0.25) is 0 Å². The lowest BCUT2D eigenvalue weighted by molar-refractivity contribution is 0.415. The minimum Gasteiger partial charge on any atom is -0.497 e. The minimum atomic E-state index is 0.525. The number of hydrogen-bond donors (Lipinski definition) is 2. The molecule has 0 unspecified atom stereocenters. The van der Waals surface area contributed by atoms with Gasteiger partial charge < -0.3 is 15.4 Å². The summed E-state index contributed by atoms with van der Waals surface area (Å²) in [5.41, 5.74) is 2.70. The van der Waals surface area contributed by atoms with E-state index in [4.69, 9.17) is 17.0 Å². The molecule has 0 aliphatic rings. The molecule has 20 heavy (non-hydrogen) atoms. The predicted molar refractivity (Wildman–Crippen MR) is 85.5 cm³/mol. The number of aromatic nitrogens is 2. The van der Waals surface area contributed by atoms with E-state index in [1.165, 1.54) is 0 Å². The summed E-state index contributed by atoms with van der Waals surface area (Å²) in [4.78, 5) is 0. The number of nitrogens with one attached hydrogen (secondary N) is 2. The Hall–Kier alpha value is -2.08. The Balaban J connectivity index is 2.02. The van der Waals surface area contributed by atoms with Crippen LogP contribution in [-0.4, -0.2) is 22.0 Å². The Bertz CT molecular complexity index is 609. The second-order valence-corrected chi connectivity index (χ2v) is 4.70. The molecule has 0 saturated heterocycles. The lowest BCUT2D eigenvalue weighted by Gasteiger charge is -2.10. The molecule has 0 aliphatic carbocycles. The maximum Gasteiger partial charge on any atom is 0.175 e. The molecule has 1 heterocycles. The molecule has 0 fully saturated rings. The highest BCUT2D eigenvalue weighted by molar-refractivity contribution is 7.80. The smallest absolute Gasteiger partial charge is 0.175 e. The topological polar surface area (TPSA) is 51.1 Å². The number of rotatable bonds is 4. The third-order valence-electron chi connectivity index (χ3n) is 2.85. The van der Waals surface area contributed by atoms with Gasteiger partial charge in [0, 0.05) is 24.5 Å². The van der Waals surface area contributed by atoms with Gasteiger partial charge in [0.25, 0.3) is 0 Å². The van der Waals surface area contributed by atoms with Gasteiger partial charge in [-0.2, -0.15) is 5.10 Å². The van der Waals surface area contributed by atoms with Crippen LogP contribution in [0.1, 0.15) is 12.6 Å². The number of hydrogen-bond acceptors (Lipinski definition) is 3. The van der Waals surface area contributed by atoms with Gasteiger partial charge in [0.2, 0.25) is 0 Å². The largest absolute Gasteiger partial charge is 0.497 e. The Morgan fingerprint density at radius 3 is 2.85 bits per heavy atom. The molecule has 0 atom stereocenters. The standard InChI is InChI=1S/C14H18N4OS/c1-4-18-9-13(10(2)17-18)16-14(20)15-11-6-5-7-12(8-11)19-3/h5-9H,4H2,1-3H3,(H2,15,16,20). The summed E-state index contributed by atoms with van der Waals surface area (Å²) >= 11 is 5.30. The second kappa shape index (κ2) is 6.38. The van der Waals surface area contributed by atoms with Crippen LogP contribution in [0.5, 0.6) is 5.75 Å². The summed E-state index contributed by atoms with van der Waals surface area (Å²) in [6.45, 7) is 4.82. The summed E-state index contributed by atoms with van der Waals surface area (Å²) in [7, 11) is 1.64. The van der Waals surface area contributed by atoms with Gasteiger partial charge in [-0.05, 0) is 38.2 Å². The van der Waals surface area contributed by atoms with Crippen LogP contribution in [0, 0.1) is 6.92 Å². The second-order valence-electron chi connectivity index (χ2n) is 4.29. The van der Waals surface area contributed by atoms with Gasteiger partial charge in [0.05, 0.1) is 18.5 Å². The SMILES string of the molecule is CCn1cc(NC(=S)Nc2cccc(OC)c2)c(C)n1. The van der Waals surface area contributed by atoms with E-state index < -0.39 is 0 Å². The van der Waals surface area contributed by atoms with Crippen molar-refractivity contribution in [3.63, 3.8) is 0 Å². The van der Waals surface area contributed by atoms with Gasteiger partial charge in [0.15, 0.2) is 5.11 Å². The van der Waals surface area contributed by atoms with Crippen LogP contribution in [0.4, 0.5) is 11.4 Å². The first-order valence-corrected chi connectivity index (χ1v) is 6.79. The van der Waals surface area contributed by atoms with Crippen LogP contribution < -0.4 is 15.4 Å². The molecule has 2 N–H and O–H groups in total. The monoisotopic (exact) mass is 290 g/mol. The van der Waals surface area contributed by atoms with Crippen LogP contribution in [0.3, 0.4) is 0 Å². The van der Waals surface area contributed by atoms with Crippen molar-refractivity contribution in [2.24, 2.45) is 0 Å². The first-order chi connectivity index (χ1) is 9.62. The number of anilines is 2. The molecule has 0 radical (unpaired) electrons. The number of benzene rings is 1. The third kappa shape index (κ3) is 3.48. The number of nitrogens with zero attached hydrogens (tertiary/aromatic N) is 2. The maximum absolute atomic E-state index is 5.30. The Kier molecular flexibility index (Phi) is 4.57. The van der Waals surface area contributed by atoms with Crippen LogP contribution in [0.15, 0.2) is 30.5 Å². The van der Waals surface area contributed by atoms with Crippen molar-refractivity contribution in [1.82, 2.24) is 9.78 Å². The lowest BCUT2D eigenvalue weighted by Crippen LogP contribution is -2.19. The molecule has 0 amide bonds. The first kappa shape index (κ1) is 14.3. The molecule has 0 bridgehead atoms. The van der Waals surface area contributed by atoms with E-state index in [9.17, 15) is 0 Å². The quantitative estimate of drug-likeness (QED) is 0.848. The summed E-state index contributed by atoms with van der Waals surface area (Å²) in [6.07, 6.45) is 1.94. The van der Waals surface area contributed by atoms with E-state index in [-0.39, 0.29) is 0 Å². The highest BCUT2D eigenvalue weighted by atomic mass is 32.1. The zero-order valence-corrected chi connectivity index (χ0v) is 12.6. The normalized spacial score (nSPS) is 10.2. The van der Waals surface area contributed by atoms with Crippen LogP contribution in [-0.2, 0) is 6.54 Å². The van der Waals surface area contributed by atoms with Crippen LogP contribution in [0.25, 0.3) is 0 Å². The highest BCUT2D eigenvalue weighted by Crippen LogP contribution is 2.18. The van der Waals surface area contributed by atoms with Gasteiger partial charge in [0.1, 0.15) is 5.75 Å². The molecule has 6 heteroatoms. The average Bonchev–Trinajstić information content (AvgIpc) is 2.79.